The lowest BCUT2D eigenvalue weighted by atomic mass is 10.1. The molecule has 2 aliphatic heterocycles. The van der Waals surface area contributed by atoms with Crippen molar-refractivity contribution in [3.05, 3.63) is 47.5 Å². The molecule has 0 bridgehead atoms. The molecule has 0 amide bonds. The predicted octanol–water partition coefficient (Wildman–Crippen LogP) is 4.64. The maximum absolute atomic E-state index is 12.5. The van der Waals surface area contributed by atoms with Crippen LogP contribution in [0.5, 0.6) is 23.0 Å². The van der Waals surface area contributed by atoms with E-state index in [1.807, 2.05) is 13.0 Å². The van der Waals surface area contributed by atoms with Crippen LogP contribution in [0, 0.1) is 11.3 Å². The van der Waals surface area contributed by atoms with E-state index < -0.39 is 12.6 Å². The number of alkyl halides is 4. The van der Waals surface area contributed by atoms with Gasteiger partial charge >= 0.3 is 12.6 Å². The average Bonchev–Trinajstić information content (AvgIpc) is 3.06. The molecule has 0 unspecified atom stereocenters. The van der Waals surface area contributed by atoms with Crippen molar-refractivity contribution in [3.63, 3.8) is 0 Å². The van der Waals surface area contributed by atoms with Crippen LogP contribution < -0.4 is 18.9 Å². The van der Waals surface area contributed by atoms with Gasteiger partial charge in [-0.3, -0.25) is 0 Å². The van der Waals surface area contributed by atoms with Crippen LogP contribution in [0.1, 0.15) is 18.1 Å². The quantitative estimate of drug-likeness (QED) is 0.707. The molecule has 0 saturated carbocycles. The van der Waals surface area contributed by atoms with Crippen LogP contribution in [0.2, 0.25) is 0 Å². The monoisotopic (exact) mass is 383 g/mol. The number of ether oxygens (including phenoxy) is 4. The van der Waals surface area contributed by atoms with Gasteiger partial charge in [0, 0.05) is 0 Å². The number of nitrogens with zero attached hydrogens (tertiary/aromatic N) is 1. The van der Waals surface area contributed by atoms with E-state index in [0.717, 1.165) is 12.0 Å². The van der Waals surface area contributed by atoms with E-state index >= 15 is 0 Å². The molecule has 0 saturated heterocycles. The van der Waals surface area contributed by atoms with E-state index in [1.165, 1.54) is 18.2 Å². The summed E-state index contributed by atoms with van der Waals surface area (Å²) in [5.41, 5.74) is 1.56. The van der Waals surface area contributed by atoms with Crippen molar-refractivity contribution in [1.82, 2.24) is 0 Å². The number of benzene rings is 2. The van der Waals surface area contributed by atoms with E-state index in [4.69, 9.17) is 5.26 Å². The van der Waals surface area contributed by atoms with Gasteiger partial charge in [-0.05, 0) is 41.8 Å². The average molecular weight is 383 g/mol. The summed E-state index contributed by atoms with van der Waals surface area (Å²) in [7, 11) is 0. The molecule has 5 nitrogen and oxygen atoms in total. The second-order valence-corrected chi connectivity index (χ2v) is 5.59. The number of nitriles is 1. The standard InChI is InChI=1S/C9H5F2NO2.C9H8F2O2/c10-9(11)13-7-2-1-6(3-4-12)5-8(7)14-9;1-2-6-3-4-7-8(5-6)13-9(10,11)12-7/h1-2,5H,3H2;3-5H,2H2,1H3. The van der Waals surface area contributed by atoms with E-state index in [1.54, 1.807) is 18.2 Å². The Bertz CT molecular complexity index is 895. The molecule has 0 fully saturated rings. The highest BCUT2D eigenvalue weighted by Crippen LogP contribution is 2.42. The summed E-state index contributed by atoms with van der Waals surface area (Å²) in [6.07, 6.45) is -6.16. The number of rotatable bonds is 2. The van der Waals surface area contributed by atoms with Gasteiger partial charge in [-0.15, -0.1) is 17.6 Å². The SMILES string of the molecule is CCc1ccc2c(c1)OC(F)(F)O2.N#CCc1ccc2c(c1)OC(F)(F)O2. The third-order valence-electron chi connectivity index (χ3n) is 3.62. The fraction of sp³-hybridized carbons (Fsp3) is 0.278. The highest BCUT2D eigenvalue weighted by Gasteiger charge is 2.44. The van der Waals surface area contributed by atoms with Gasteiger partial charge in [0.25, 0.3) is 0 Å². The molecule has 9 heteroatoms. The molecule has 2 aromatic carbocycles. The van der Waals surface area contributed by atoms with Gasteiger partial charge in [0.1, 0.15) is 0 Å². The second-order valence-electron chi connectivity index (χ2n) is 5.59. The van der Waals surface area contributed by atoms with Crippen molar-refractivity contribution in [2.24, 2.45) is 0 Å². The predicted molar refractivity (Wildman–Crippen MR) is 84.0 cm³/mol. The maximum Gasteiger partial charge on any atom is 0.586 e. The molecule has 0 radical (unpaired) electrons. The summed E-state index contributed by atoms with van der Waals surface area (Å²) >= 11 is 0. The van der Waals surface area contributed by atoms with Crippen LogP contribution in [0.25, 0.3) is 0 Å². The van der Waals surface area contributed by atoms with Gasteiger partial charge in [-0.25, -0.2) is 0 Å². The van der Waals surface area contributed by atoms with Gasteiger partial charge in [-0.2, -0.15) is 5.26 Å². The van der Waals surface area contributed by atoms with E-state index in [0.29, 0.717) is 5.56 Å². The highest BCUT2D eigenvalue weighted by atomic mass is 19.3. The first-order valence-corrected chi connectivity index (χ1v) is 7.86. The van der Waals surface area contributed by atoms with Crippen molar-refractivity contribution < 1.29 is 36.5 Å². The molecule has 2 aromatic rings. The van der Waals surface area contributed by atoms with Crippen LogP contribution in [0.3, 0.4) is 0 Å². The highest BCUT2D eigenvalue weighted by molar-refractivity contribution is 5.46. The molecular weight excluding hydrogens is 370 g/mol. The second kappa shape index (κ2) is 6.87. The fourth-order valence-corrected chi connectivity index (χ4v) is 2.41. The Kier molecular flexibility index (Phi) is 4.74. The van der Waals surface area contributed by atoms with Gasteiger partial charge in [0.15, 0.2) is 23.0 Å². The normalized spacial score (nSPS) is 16.9. The number of fused-ring (bicyclic) bond motifs is 2. The first-order valence-electron chi connectivity index (χ1n) is 7.86. The van der Waals surface area contributed by atoms with Crippen LogP contribution >= 0.6 is 0 Å². The van der Waals surface area contributed by atoms with Gasteiger partial charge in [0.2, 0.25) is 0 Å². The van der Waals surface area contributed by atoms with Crippen LogP contribution in [0.4, 0.5) is 17.6 Å². The first-order chi connectivity index (χ1) is 12.7. The van der Waals surface area contributed by atoms with Crippen molar-refractivity contribution in [2.75, 3.05) is 0 Å². The molecule has 142 valence electrons. The van der Waals surface area contributed by atoms with Crippen molar-refractivity contribution in [2.45, 2.75) is 32.4 Å². The molecule has 0 spiro atoms. The summed E-state index contributed by atoms with van der Waals surface area (Å²) < 4.78 is 67.1. The Balaban J connectivity index is 0.000000156. The van der Waals surface area contributed by atoms with Crippen LogP contribution in [-0.2, 0) is 12.8 Å². The molecule has 2 aliphatic rings. The smallest absolute Gasteiger partial charge is 0.395 e. The molecular formula is C18H13F4NO4. The Morgan fingerprint density at radius 3 is 1.70 bits per heavy atom. The topological polar surface area (TPSA) is 60.7 Å². The third-order valence-corrected chi connectivity index (χ3v) is 3.62. The van der Waals surface area contributed by atoms with Gasteiger partial charge in [0.05, 0.1) is 12.5 Å². The van der Waals surface area contributed by atoms with Crippen molar-refractivity contribution in [3.8, 4) is 29.1 Å². The lowest BCUT2D eigenvalue weighted by Gasteiger charge is -2.04. The van der Waals surface area contributed by atoms with Crippen molar-refractivity contribution in [1.29, 1.82) is 5.26 Å². The molecule has 4 rings (SSSR count). The van der Waals surface area contributed by atoms with Crippen LogP contribution in [0.15, 0.2) is 36.4 Å². The minimum Gasteiger partial charge on any atom is -0.395 e. The number of halogens is 4. The molecule has 2 heterocycles. The molecule has 27 heavy (non-hydrogen) atoms. The number of hydrogen-bond donors (Lipinski definition) is 0. The zero-order chi connectivity index (χ0) is 19.7. The van der Waals surface area contributed by atoms with E-state index in [2.05, 4.69) is 18.9 Å². The Morgan fingerprint density at radius 1 is 0.778 bits per heavy atom. The van der Waals surface area contributed by atoms with Crippen LogP contribution in [-0.4, -0.2) is 12.6 Å². The minimum absolute atomic E-state index is 0.00307. The first kappa shape index (κ1) is 18.6. The Labute approximate surface area is 151 Å². The number of aryl methyl sites for hydroxylation is 1. The largest absolute Gasteiger partial charge is 0.586 e. The Hall–Kier alpha value is -3.15. The van der Waals surface area contributed by atoms with Gasteiger partial charge < -0.3 is 18.9 Å². The molecule has 0 N–H and O–H groups in total. The third kappa shape index (κ3) is 4.34. The maximum atomic E-state index is 12.5. The summed E-state index contributed by atoms with van der Waals surface area (Å²) in [6.45, 7) is 1.94. The summed E-state index contributed by atoms with van der Waals surface area (Å²) in [5.74, 6) is 0.186. The lowest BCUT2D eigenvalue weighted by molar-refractivity contribution is -0.287. The van der Waals surface area contributed by atoms with E-state index in [9.17, 15) is 17.6 Å². The van der Waals surface area contributed by atoms with Gasteiger partial charge in [-0.1, -0.05) is 19.1 Å². The minimum atomic E-state index is -3.59. The van der Waals surface area contributed by atoms with Crippen molar-refractivity contribution >= 4 is 0 Å². The molecule has 0 aliphatic carbocycles. The van der Waals surface area contributed by atoms with E-state index in [-0.39, 0.29) is 29.4 Å². The Morgan fingerprint density at radius 2 is 1.22 bits per heavy atom. The summed E-state index contributed by atoms with van der Waals surface area (Å²) in [5, 5.41) is 8.40. The molecule has 0 atom stereocenters. The summed E-state index contributed by atoms with van der Waals surface area (Å²) in [4.78, 5) is 0. The number of hydrogen-bond acceptors (Lipinski definition) is 5. The lowest BCUT2D eigenvalue weighted by Crippen LogP contribution is -2.25. The molecule has 0 aromatic heterocycles. The fourth-order valence-electron chi connectivity index (χ4n) is 2.41. The zero-order valence-corrected chi connectivity index (χ0v) is 14.0. The zero-order valence-electron chi connectivity index (χ0n) is 14.0. The summed E-state index contributed by atoms with van der Waals surface area (Å²) in [6, 6.07) is 11.0.